The lowest BCUT2D eigenvalue weighted by Crippen LogP contribution is -2.14. The fourth-order valence-electron chi connectivity index (χ4n) is 2.72. The van der Waals surface area contributed by atoms with Crippen LogP contribution >= 0.6 is 11.3 Å². The predicted molar refractivity (Wildman–Crippen MR) is 82.6 cm³/mol. The molecule has 0 radical (unpaired) electrons. The average Bonchev–Trinajstić information content (AvgIpc) is 2.98. The van der Waals surface area contributed by atoms with Crippen LogP contribution in [0.2, 0.25) is 0 Å². The highest BCUT2D eigenvalue weighted by Gasteiger charge is 2.32. The molecule has 1 aliphatic rings. The Bertz CT molecular complexity index is 459. The van der Waals surface area contributed by atoms with E-state index in [1.54, 1.807) is 11.3 Å². The van der Waals surface area contributed by atoms with Gasteiger partial charge < -0.3 is 10.4 Å². The molecule has 1 aromatic heterocycles. The van der Waals surface area contributed by atoms with Gasteiger partial charge in [-0.25, -0.2) is 4.98 Å². The van der Waals surface area contributed by atoms with Crippen LogP contribution in [-0.4, -0.2) is 22.6 Å². The molecule has 20 heavy (non-hydrogen) atoms. The van der Waals surface area contributed by atoms with Crippen LogP contribution in [0.25, 0.3) is 0 Å². The van der Waals surface area contributed by atoms with Gasteiger partial charge in [0.15, 0.2) is 5.13 Å². The van der Waals surface area contributed by atoms with Gasteiger partial charge in [0.25, 0.3) is 0 Å². The molecule has 4 nitrogen and oxygen atoms in total. The van der Waals surface area contributed by atoms with Crippen molar-refractivity contribution >= 4 is 22.4 Å². The fourth-order valence-corrected chi connectivity index (χ4v) is 3.76. The molecule has 2 unspecified atom stereocenters. The summed E-state index contributed by atoms with van der Waals surface area (Å²) < 4.78 is 0. The van der Waals surface area contributed by atoms with Gasteiger partial charge in [-0.05, 0) is 25.2 Å². The van der Waals surface area contributed by atoms with E-state index in [1.807, 2.05) is 0 Å². The van der Waals surface area contributed by atoms with E-state index in [9.17, 15) is 4.79 Å². The van der Waals surface area contributed by atoms with E-state index in [2.05, 4.69) is 24.1 Å². The molecule has 1 heterocycles. The summed E-state index contributed by atoms with van der Waals surface area (Å²) in [6, 6.07) is 0. The van der Waals surface area contributed by atoms with Crippen LogP contribution in [-0.2, 0) is 11.2 Å². The van der Waals surface area contributed by atoms with Crippen molar-refractivity contribution in [2.24, 2.45) is 5.92 Å². The molecule has 0 aromatic carbocycles. The van der Waals surface area contributed by atoms with Crippen molar-refractivity contribution in [1.82, 2.24) is 4.98 Å². The number of aromatic nitrogens is 1. The average molecular weight is 296 g/mol. The number of nitrogens with one attached hydrogen (secondary N) is 1. The second kappa shape index (κ2) is 7.07. The van der Waals surface area contributed by atoms with Crippen LogP contribution in [0.4, 0.5) is 5.13 Å². The molecule has 2 N–H and O–H groups in total. The van der Waals surface area contributed by atoms with Gasteiger partial charge in [-0.15, -0.1) is 11.3 Å². The minimum atomic E-state index is -0.741. The molecule has 0 spiro atoms. The standard InChI is InChI=1S/C15H24N2O2S/c1-3-5-6-10(4-2)9-16-15-17-13-11(14(18)19)7-8-12(13)20-15/h10-11H,3-9H2,1-2H3,(H,16,17)(H,18,19). The van der Waals surface area contributed by atoms with Crippen LogP contribution in [0.3, 0.4) is 0 Å². The number of aryl methyl sites for hydroxylation is 1. The first-order valence-corrected chi connectivity index (χ1v) is 8.43. The third kappa shape index (κ3) is 3.51. The number of carboxylic acids is 1. The molecule has 1 aromatic rings. The highest BCUT2D eigenvalue weighted by Crippen LogP contribution is 2.38. The number of carbonyl (C=O) groups is 1. The number of rotatable bonds is 8. The Balaban J connectivity index is 1.91. The lowest BCUT2D eigenvalue weighted by atomic mass is 10.00. The topological polar surface area (TPSA) is 62.2 Å². The van der Waals surface area contributed by atoms with E-state index in [1.165, 1.54) is 25.7 Å². The van der Waals surface area contributed by atoms with Gasteiger partial charge in [0, 0.05) is 11.4 Å². The number of hydrogen-bond acceptors (Lipinski definition) is 4. The second-order valence-electron chi connectivity index (χ2n) is 5.55. The number of unbranched alkanes of at least 4 members (excludes halogenated alkanes) is 1. The molecule has 2 rings (SSSR count). The molecular formula is C15H24N2O2S. The molecule has 5 heteroatoms. The quantitative estimate of drug-likeness (QED) is 0.764. The third-order valence-corrected chi connectivity index (χ3v) is 5.19. The third-order valence-electron chi connectivity index (χ3n) is 4.10. The second-order valence-corrected chi connectivity index (χ2v) is 6.64. The number of nitrogens with zero attached hydrogens (tertiary/aromatic N) is 1. The van der Waals surface area contributed by atoms with Gasteiger partial charge in [-0.2, -0.15) is 0 Å². The number of anilines is 1. The Morgan fingerprint density at radius 1 is 1.55 bits per heavy atom. The van der Waals surface area contributed by atoms with E-state index in [0.717, 1.165) is 28.7 Å². The van der Waals surface area contributed by atoms with E-state index in [0.29, 0.717) is 12.3 Å². The maximum absolute atomic E-state index is 11.1. The van der Waals surface area contributed by atoms with Crippen molar-refractivity contribution in [3.05, 3.63) is 10.6 Å². The molecule has 2 atom stereocenters. The minimum Gasteiger partial charge on any atom is -0.481 e. The summed E-state index contributed by atoms with van der Waals surface area (Å²) in [5.74, 6) is -0.446. The van der Waals surface area contributed by atoms with Crippen LogP contribution in [0.15, 0.2) is 0 Å². The first kappa shape index (κ1) is 15.3. The van der Waals surface area contributed by atoms with Crippen LogP contribution < -0.4 is 5.32 Å². The predicted octanol–water partition coefficient (Wildman–Crippen LogP) is 3.89. The van der Waals surface area contributed by atoms with Crippen molar-refractivity contribution in [2.75, 3.05) is 11.9 Å². The van der Waals surface area contributed by atoms with Crippen LogP contribution in [0.1, 0.15) is 62.4 Å². The van der Waals surface area contributed by atoms with E-state index < -0.39 is 5.97 Å². The Kier molecular flexibility index (Phi) is 5.40. The highest BCUT2D eigenvalue weighted by molar-refractivity contribution is 7.15. The summed E-state index contributed by atoms with van der Waals surface area (Å²) >= 11 is 1.63. The van der Waals surface area contributed by atoms with Gasteiger partial charge in [0.05, 0.1) is 5.69 Å². The molecule has 0 fully saturated rings. The Labute approximate surface area is 124 Å². The van der Waals surface area contributed by atoms with Crippen molar-refractivity contribution < 1.29 is 9.90 Å². The smallest absolute Gasteiger partial charge is 0.312 e. The minimum absolute atomic E-state index is 0.390. The normalized spacial score (nSPS) is 18.8. The summed E-state index contributed by atoms with van der Waals surface area (Å²) in [7, 11) is 0. The number of fused-ring (bicyclic) bond motifs is 1. The molecule has 1 aliphatic carbocycles. The highest BCUT2D eigenvalue weighted by atomic mass is 32.1. The molecular weight excluding hydrogens is 272 g/mol. The van der Waals surface area contributed by atoms with E-state index in [4.69, 9.17) is 5.11 Å². The van der Waals surface area contributed by atoms with Crippen LogP contribution in [0.5, 0.6) is 0 Å². The van der Waals surface area contributed by atoms with Crippen molar-refractivity contribution in [3.8, 4) is 0 Å². The van der Waals surface area contributed by atoms with Crippen LogP contribution in [0, 0.1) is 5.92 Å². The van der Waals surface area contributed by atoms with Gasteiger partial charge in [-0.1, -0.05) is 33.1 Å². The monoisotopic (exact) mass is 296 g/mol. The fraction of sp³-hybridized carbons (Fsp3) is 0.733. The largest absolute Gasteiger partial charge is 0.481 e. The zero-order valence-electron chi connectivity index (χ0n) is 12.3. The lowest BCUT2D eigenvalue weighted by Gasteiger charge is -2.14. The van der Waals surface area contributed by atoms with E-state index >= 15 is 0 Å². The summed E-state index contributed by atoms with van der Waals surface area (Å²) in [5.41, 5.74) is 0.798. The Morgan fingerprint density at radius 3 is 3.00 bits per heavy atom. The number of thiazole rings is 1. The van der Waals surface area contributed by atoms with Gasteiger partial charge in [0.2, 0.25) is 0 Å². The van der Waals surface area contributed by atoms with E-state index in [-0.39, 0.29) is 5.92 Å². The van der Waals surface area contributed by atoms with Crippen molar-refractivity contribution in [1.29, 1.82) is 0 Å². The summed E-state index contributed by atoms with van der Waals surface area (Å²) in [6.07, 6.45) is 6.51. The maximum Gasteiger partial charge on any atom is 0.312 e. The molecule has 0 bridgehead atoms. The molecule has 0 saturated heterocycles. The molecule has 0 aliphatic heterocycles. The Morgan fingerprint density at radius 2 is 2.35 bits per heavy atom. The Hall–Kier alpha value is -1.10. The zero-order chi connectivity index (χ0) is 14.5. The number of hydrogen-bond donors (Lipinski definition) is 2. The first-order valence-electron chi connectivity index (χ1n) is 7.61. The molecule has 112 valence electrons. The van der Waals surface area contributed by atoms with Gasteiger partial charge in [-0.3, -0.25) is 4.79 Å². The zero-order valence-corrected chi connectivity index (χ0v) is 13.1. The summed E-state index contributed by atoms with van der Waals surface area (Å²) in [5, 5.41) is 13.5. The summed E-state index contributed by atoms with van der Waals surface area (Å²) in [4.78, 5) is 16.8. The number of carboxylic acid groups (broad SMARTS) is 1. The lowest BCUT2D eigenvalue weighted by molar-refractivity contribution is -0.138. The van der Waals surface area contributed by atoms with Crippen molar-refractivity contribution in [3.63, 3.8) is 0 Å². The number of aliphatic carboxylic acids is 1. The van der Waals surface area contributed by atoms with Crippen molar-refractivity contribution in [2.45, 2.75) is 58.3 Å². The molecule has 0 amide bonds. The van der Waals surface area contributed by atoms with Gasteiger partial charge in [0.1, 0.15) is 5.92 Å². The van der Waals surface area contributed by atoms with Gasteiger partial charge >= 0.3 is 5.97 Å². The summed E-state index contributed by atoms with van der Waals surface area (Å²) in [6.45, 7) is 5.39. The first-order chi connectivity index (χ1) is 9.65. The molecule has 0 saturated carbocycles. The maximum atomic E-state index is 11.1. The SMILES string of the molecule is CCCCC(CC)CNc1nc2c(s1)CCC2C(=O)O.